The van der Waals surface area contributed by atoms with E-state index in [4.69, 9.17) is 0 Å². The molecule has 15 heavy (non-hydrogen) atoms. The molecule has 0 radical (unpaired) electrons. The van der Waals surface area contributed by atoms with Gasteiger partial charge in [0.25, 0.3) is 0 Å². The Kier molecular flexibility index (Phi) is 3.80. The molecule has 1 N–H and O–H groups in total. The van der Waals surface area contributed by atoms with Crippen molar-refractivity contribution in [2.75, 3.05) is 11.1 Å². The lowest BCUT2D eigenvalue weighted by atomic mass is 9.87. The Balaban J connectivity index is 2.77. The summed E-state index contributed by atoms with van der Waals surface area (Å²) in [5.41, 5.74) is 2.22. The van der Waals surface area contributed by atoms with Crippen LogP contribution in [0.15, 0.2) is 24.3 Å². The van der Waals surface area contributed by atoms with Gasteiger partial charge in [-0.05, 0) is 23.1 Å². The van der Waals surface area contributed by atoms with Crippen LogP contribution in [-0.2, 0) is 10.2 Å². The normalized spacial score (nSPS) is 11.2. The summed E-state index contributed by atoms with van der Waals surface area (Å²) in [6.45, 7) is 6.48. The molecular weight excluding hydrogens is 206 g/mol. The van der Waals surface area contributed by atoms with Gasteiger partial charge in [0, 0.05) is 5.69 Å². The monoisotopic (exact) mass is 223 g/mol. The van der Waals surface area contributed by atoms with Gasteiger partial charge in [-0.1, -0.05) is 32.9 Å². The SMILES string of the molecule is CC(C)(C)c1ccc(NC(=O)CS)cc1. The van der Waals surface area contributed by atoms with Crippen molar-refractivity contribution in [1.29, 1.82) is 0 Å². The van der Waals surface area contributed by atoms with E-state index in [1.165, 1.54) is 5.56 Å². The molecule has 2 nitrogen and oxygen atoms in total. The Morgan fingerprint density at radius 2 is 1.80 bits per heavy atom. The molecule has 0 aromatic heterocycles. The zero-order valence-electron chi connectivity index (χ0n) is 9.37. The van der Waals surface area contributed by atoms with Gasteiger partial charge in [-0.2, -0.15) is 12.6 Å². The van der Waals surface area contributed by atoms with Crippen LogP contribution in [0.3, 0.4) is 0 Å². The first kappa shape index (κ1) is 12.1. The zero-order chi connectivity index (χ0) is 11.5. The Hall–Kier alpha value is -0.960. The minimum atomic E-state index is -0.0816. The highest BCUT2D eigenvalue weighted by Gasteiger charge is 2.12. The first-order valence-electron chi connectivity index (χ1n) is 4.95. The van der Waals surface area contributed by atoms with Crippen molar-refractivity contribution < 1.29 is 4.79 Å². The van der Waals surface area contributed by atoms with Crippen LogP contribution in [0, 0.1) is 0 Å². The summed E-state index contributed by atoms with van der Waals surface area (Å²) in [5.74, 6) is 0.128. The molecule has 0 unspecified atom stereocenters. The maximum absolute atomic E-state index is 11.1. The Morgan fingerprint density at radius 3 is 2.20 bits per heavy atom. The van der Waals surface area contributed by atoms with Crippen LogP contribution in [0.5, 0.6) is 0 Å². The lowest BCUT2D eigenvalue weighted by molar-refractivity contribution is -0.113. The van der Waals surface area contributed by atoms with E-state index < -0.39 is 0 Å². The quantitative estimate of drug-likeness (QED) is 0.742. The molecule has 1 rings (SSSR count). The Morgan fingerprint density at radius 1 is 1.27 bits per heavy atom. The van der Waals surface area contributed by atoms with Crippen molar-refractivity contribution in [1.82, 2.24) is 0 Å². The summed E-state index contributed by atoms with van der Waals surface area (Å²) in [6, 6.07) is 7.91. The zero-order valence-corrected chi connectivity index (χ0v) is 10.3. The molecule has 0 bridgehead atoms. The molecule has 0 saturated carbocycles. The molecule has 82 valence electrons. The van der Waals surface area contributed by atoms with E-state index in [0.717, 1.165) is 5.69 Å². The van der Waals surface area contributed by atoms with Gasteiger partial charge in [0.15, 0.2) is 0 Å². The van der Waals surface area contributed by atoms with E-state index in [1.807, 2.05) is 24.3 Å². The fraction of sp³-hybridized carbons (Fsp3) is 0.417. The number of hydrogen-bond acceptors (Lipinski definition) is 2. The lowest BCUT2D eigenvalue weighted by Crippen LogP contribution is -2.14. The number of carbonyl (C=O) groups is 1. The summed E-state index contributed by atoms with van der Waals surface area (Å²) >= 11 is 3.90. The number of nitrogens with one attached hydrogen (secondary N) is 1. The highest BCUT2D eigenvalue weighted by molar-refractivity contribution is 7.81. The molecule has 0 aliphatic heterocycles. The average molecular weight is 223 g/mol. The number of thiol groups is 1. The third-order valence-electron chi connectivity index (χ3n) is 2.18. The first-order valence-corrected chi connectivity index (χ1v) is 5.58. The maximum Gasteiger partial charge on any atom is 0.234 e. The summed E-state index contributed by atoms with van der Waals surface area (Å²) in [5, 5.41) is 2.75. The van der Waals surface area contributed by atoms with Crippen molar-refractivity contribution in [3.63, 3.8) is 0 Å². The van der Waals surface area contributed by atoms with Crippen LogP contribution in [0.2, 0.25) is 0 Å². The van der Waals surface area contributed by atoms with Crippen LogP contribution in [-0.4, -0.2) is 11.7 Å². The lowest BCUT2D eigenvalue weighted by Gasteiger charge is -2.19. The largest absolute Gasteiger partial charge is 0.325 e. The van der Waals surface area contributed by atoms with Crippen LogP contribution < -0.4 is 5.32 Å². The molecule has 1 aromatic rings. The molecule has 0 atom stereocenters. The van der Waals surface area contributed by atoms with Gasteiger partial charge in [-0.3, -0.25) is 4.79 Å². The predicted octanol–water partition coefficient (Wildman–Crippen LogP) is 2.85. The molecular formula is C12H17NOS. The molecule has 0 saturated heterocycles. The highest BCUT2D eigenvalue weighted by Crippen LogP contribution is 2.23. The minimum absolute atomic E-state index is 0.0816. The smallest absolute Gasteiger partial charge is 0.234 e. The Bertz CT molecular complexity index is 338. The molecule has 0 heterocycles. The van der Waals surface area contributed by atoms with Crippen molar-refractivity contribution in [2.24, 2.45) is 0 Å². The third-order valence-corrected chi connectivity index (χ3v) is 2.47. The predicted molar refractivity (Wildman–Crippen MR) is 67.6 cm³/mol. The Labute approximate surface area is 96.5 Å². The molecule has 1 aromatic carbocycles. The topological polar surface area (TPSA) is 29.1 Å². The van der Waals surface area contributed by atoms with Crippen LogP contribution in [0.1, 0.15) is 26.3 Å². The fourth-order valence-electron chi connectivity index (χ4n) is 1.25. The number of carbonyl (C=O) groups excluding carboxylic acids is 1. The molecule has 0 aliphatic carbocycles. The number of anilines is 1. The van der Waals surface area contributed by atoms with E-state index in [0.29, 0.717) is 0 Å². The van der Waals surface area contributed by atoms with Crippen LogP contribution in [0.25, 0.3) is 0 Å². The molecule has 0 spiro atoms. The second-order valence-corrected chi connectivity index (χ2v) is 4.85. The summed E-state index contributed by atoms with van der Waals surface area (Å²) < 4.78 is 0. The summed E-state index contributed by atoms with van der Waals surface area (Å²) in [6.07, 6.45) is 0. The number of benzene rings is 1. The van der Waals surface area contributed by atoms with Gasteiger partial charge in [0.1, 0.15) is 0 Å². The van der Waals surface area contributed by atoms with E-state index in [2.05, 4.69) is 38.7 Å². The highest BCUT2D eigenvalue weighted by atomic mass is 32.1. The van der Waals surface area contributed by atoms with Gasteiger partial charge in [-0.25, -0.2) is 0 Å². The van der Waals surface area contributed by atoms with Gasteiger partial charge in [-0.15, -0.1) is 0 Å². The maximum atomic E-state index is 11.1. The third kappa shape index (κ3) is 3.59. The van der Waals surface area contributed by atoms with Gasteiger partial charge < -0.3 is 5.32 Å². The van der Waals surface area contributed by atoms with Gasteiger partial charge in [0.05, 0.1) is 5.75 Å². The number of rotatable bonds is 2. The standard InChI is InChI=1S/C12H17NOS/c1-12(2,3)9-4-6-10(7-5-9)13-11(14)8-15/h4-7,15H,8H2,1-3H3,(H,13,14). The van der Waals surface area contributed by atoms with E-state index in [-0.39, 0.29) is 17.1 Å². The van der Waals surface area contributed by atoms with Crippen molar-refractivity contribution in [2.45, 2.75) is 26.2 Å². The second kappa shape index (κ2) is 4.71. The molecule has 0 fully saturated rings. The average Bonchev–Trinajstić information content (AvgIpc) is 2.17. The van der Waals surface area contributed by atoms with Gasteiger partial charge in [0.2, 0.25) is 5.91 Å². The fourth-order valence-corrected chi connectivity index (χ4v) is 1.33. The van der Waals surface area contributed by atoms with Crippen molar-refractivity contribution >= 4 is 24.2 Å². The van der Waals surface area contributed by atoms with Crippen molar-refractivity contribution in [3.8, 4) is 0 Å². The van der Waals surface area contributed by atoms with Gasteiger partial charge >= 0.3 is 0 Å². The summed E-state index contributed by atoms with van der Waals surface area (Å²) in [7, 11) is 0. The first-order chi connectivity index (χ1) is 6.93. The molecule has 3 heteroatoms. The number of amides is 1. The number of hydrogen-bond donors (Lipinski definition) is 2. The van der Waals surface area contributed by atoms with E-state index in [9.17, 15) is 4.79 Å². The molecule has 1 amide bonds. The van der Waals surface area contributed by atoms with Crippen LogP contribution in [0.4, 0.5) is 5.69 Å². The van der Waals surface area contributed by atoms with E-state index in [1.54, 1.807) is 0 Å². The molecule has 0 aliphatic rings. The van der Waals surface area contributed by atoms with E-state index >= 15 is 0 Å². The van der Waals surface area contributed by atoms with Crippen molar-refractivity contribution in [3.05, 3.63) is 29.8 Å². The van der Waals surface area contributed by atoms with Crippen LogP contribution >= 0.6 is 12.6 Å². The second-order valence-electron chi connectivity index (χ2n) is 4.53. The summed E-state index contributed by atoms with van der Waals surface area (Å²) in [4.78, 5) is 11.1. The minimum Gasteiger partial charge on any atom is -0.325 e.